The summed E-state index contributed by atoms with van der Waals surface area (Å²) < 4.78 is 0. The zero-order valence-corrected chi connectivity index (χ0v) is 13.1. The van der Waals surface area contributed by atoms with Gasteiger partial charge in [-0.1, -0.05) is 0 Å². The normalized spacial score (nSPS) is 18.4. The van der Waals surface area contributed by atoms with Crippen molar-refractivity contribution >= 4 is 23.4 Å². The maximum Gasteiger partial charge on any atom is 0.321 e. The fourth-order valence-corrected chi connectivity index (χ4v) is 3.08. The van der Waals surface area contributed by atoms with Gasteiger partial charge in [0.15, 0.2) is 0 Å². The molecule has 0 spiro atoms. The number of likely N-dealkylation sites (tertiary alicyclic amines) is 1. The number of carbonyl (C=O) groups excluding carboxylic acids is 2. The molecule has 128 valence electrons. The first kappa shape index (κ1) is 16.0. The summed E-state index contributed by atoms with van der Waals surface area (Å²) in [6.07, 6.45) is 1.50. The molecule has 4 amide bonds. The van der Waals surface area contributed by atoms with E-state index in [1.165, 1.54) is 24.3 Å². The van der Waals surface area contributed by atoms with E-state index < -0.39 is 4.92 Å². The number of hydrogen-bond donors (Lipinski definition) is 2. The number of rotatable bonds is 3. The SMILES string of the molecule is O=C(Nc1ccc([N+](=O)[O-])cc1)N1CCC(N2CCNC2=O)CC1. The van der Waals surface area contributed by atoms with Gasteiger partial charge in [0.2, 0.25) is 0 Å². The fourth-order valence-electron chi connectivity index (χ4n) is 3.08. The third-order valence-electron chi connectivity index (χ3n) is 4.41. The van der Waals surface area contributed by atoms with E-state index in [1.54, 1.807) is 4.90 Å². The Balaban J connectivity index is 1.51. The molecular formula is C15H19N5O4. The molecule has 1 aromatic carbocycles. The van der Waals surface area contributed by atoms with Crippen LogP contribution in [-0.2, 0) is 0 Å². The van der Waals surface area contributed by atoms with E-state index in [2.05, 4.69) is 10.6 Å². The highest BCUT2D eigenvalue weighted by atomic mass is 16.6. The number of urea groups is 2. The average molecular weight is 333 g/mol. The first-order chi connectivity index (χ1) is 11.5. The smallest absolute Gasteiger partial charge is 0.321 e. The van der Waals surface area contributed by atoms with Crippen molar-refractivity contribution < 1.29 is 14.5 Å². The van der Waals surface area contributed by atoms with Gasteiger partial charge in [-0.15, -0.1) is 0 Å². The molecular weight excluding hydrogens is 314 g/mol. The molecule has 1 aromatic rings. The summed E-state index contributed by atoms with van der Waals surface area (Å²) >= 11 is 0. The van der Waals surface area contributed by atoms with Crippen LogP contribution < -0.4 is 10.6 Å². The highest BCUT2D eigenvalue weighted by Gasteiger charge is 2.31. The number of nitrogens with zero attached hydrogens (tertiary/aromatic N) is 3. The van der Waals surface area contributed by atoms with Gasteiger partial charge < -0.3 is 20.4 Å². The number of hydrogen-bond acceptors (Lipinski definition) is 4. The lowest BCUT2D eigenvalue weighted by molar-refractivity contribution is -0.384. The van der Waals surface area contributed by atoms with Crippen LogP contribution in [0, 0.1) is 10.1 Å². The summed E-state index contributed by atoms with van der Waals surface area (Å²) in [6, 6.07) is 5.66. The van der Waals surface area contributed by atoms with Gasteiger partial charge in [0.1, 0.15) is 0 Å². The van der Waals surface area contributed by atoms with Crippen molar-refractivity contribution in [1.29, 1.82) is 0 Å². The van der Waals surface area contributed by atoms with Crippen LogP contribution in [0.3, 0.4) is 0 Å². The maximum absolute atomic E-state index is 12.3. The number of non-ortho nitro benzene ring substituents is 1. The molecule has 0 aliphatic carbocycles. The fraction of sp³-hybridized carbons (Fsp3) is 0.467. The Morgan fingerprint density at radius 2 is 1.88 bits per heavy atom. The molecule has 2 aliphatic rings. The predicted octanol–water partition coefficient (Wildman–Crippen LogP) is 1.62. The Labute approximate surface area is 138 Å². The Morgan fingerprint density at radius 3 is 2.42 bits per heavy atom. The standard InChI is InChI=1S/C15H19N5O4/c21-14-16-7-10-19(14)12-5-8-18(9-6-12)15(22)17-11-1-3-13(4-2-11)20(23)24/h1-4,12H,5-10H2,(H,16,21)(H,17,22). The average Bonchev–Trinajstić information content (AvgIpc) is 3.01. The van der Waals surface area contributed by atoms with Gasteiger partial charge in [0.25, 0.3) is 5.69 Å². The molecule has 9 nitrogen and oxygen atoms in total. The largest absolute Gasteiger partial charge is 0.336 e. The molecule has 9 heteroatoms. The molecule has 2 saturated heterocycles. The highest BCUT2D eigenvalue weighted by molar-refractivity contribution is 5.89. The summed E-state index contributed by atoms with van der Waals surface area (Å²) in [5, 5.41) is 16.2. The number of benzene rings is 1. The van der Waals surface area contributed by atoms with Gasteiger partial charge in [0, 0.05) is 50.0 Å². The van der Waals surface area contributed by atoms with Crippen molar-refractivity contribution in [1.82, 2.24) is 15.1 Å². The molecule has 0 radical (unpaired) electrons. The molecule has 3 rings (SSSR count). The van der Waals surface area contributed by atoms with E-state index in [-0.39, 0.29) is 23.8 Å². The summed E-state index contributed by atoms with van der Waals surface area (Å²) in [6.45, 7) is 2.55. The molecule has 0 bridgehead atoms. The van der Waals surface area contributed by atoms with Crippen LogP contribution in [-0.4, -0.2) is 59.0 Å². The minimum Gasteiger partial charge on any atom is -0.336 e. The van der Waals surface area contributed by atoms with Crippen LogP contribution in [0.25, 0.3) is 0 Å². The van der Waals surface area contributed by atoms with Crippen molar-refractivity contribution in [2.45, 2.75) is 18.9 Å². The first-order valence-electron chi connectivity index (χ1n) is 7.89. The Kier molecular flexibility index (Phi) is 4.50. The lowest BCUT2D eigenvalue weighted by Gasteiger charge is -2.36. The second-order valence-electron chi connectivity index (χ2n) is 5.88. The summed E-state index contributed by atoms with van der Waals surface area (Å²) in [5.74, 6) is 0. The van der Waals surface area contributed by atoms with Crippen LogP contribution >= 0.6 is 0 Å². The summed E-state index contributed by atoms with van der Waals surface area (Å²) in [7, 11) is 0. The lowest BCUT2D eigenvalue weighted by Crippen LogP contribution is -2.48. The van der Waals surface area contributed by atoms with Gasteiger partial charge in [-0.2, -0.15) is 0 Å². The molecule has 2 fully saturated rings. The summed E-state index contributed by atoms with van der Waals surface area (Å²) in [4.78, 5) is 37.6. The number of nitrogens with one attached hydrogen (secondary N) is 2. The highest BCUT2D eigenvalue weighted by Crippen LogP contribution is 2.20. The van der Waals surface area contributed by atoms with Gasteiger partial charge in [-0.25, -0.2) is 9.59 Å². The number of piperidine rings is 1. The molecule has 2 aliphatic heterocycles. The number of carbonyl (C=O) groups is 2. The van der Waals surface area contributed by atoms with Gasteiger partial charge >= 0.3 is 12.1 Å². The van der Waals surface area contributed by atoms with Crippen molar-refractivity contribution in [2.75, 3.05) is 31.5 Å². The first-order valence-corrected chi connectivity index (χ1v) is 7.89. The van der Waals surface area contributed by atoms with Gasteiger partial charge in [0.05, 0.1) is 4.92 Å². The second-order valence-corrected chi connectivity index (χ2v) is 5.88. The topological polar surface area (TPSA) is 108 Å². The lowest BCUT2D eigenvalue weighted by atomic mass is 10.0. The zero-order valence-electron chi connectivity index (χ0n) is 13.1. The Morgan fingerprint density at radius 1 is 1.21 bits per heavy atom. The third-order valence-corrected chi connectivity index (χ3v) is 4.41. The molecule has 24 heavy (non-hydrogen) atoms. The molecule has 0 atom stereocenters. The van der Waals surface area contributed by atoms with E-state index in [0.29, 0.717) is 25.3 Å². The van der Waals surface area contributed by atoms with E-state index in [0.717, 1.165) is 19.4 Å². The van der Waals surface area contributed by atoms with Crippen LogP contribution in [0.2, 0.25) is 0 Å². The maximum atomic E-state index is 12.3. The Bertz CT molecular complexity index is 640. The molecule has 2 heterocycles. The van der Waals surface area contributed by atoms with Gasteiger partial charge in [-0.3, -0.25) is 10.1 Å². The molecule has 0 aromatic heterocycles. The molecule has 0 unspecified atom stereocenters. The van der Waals surface area contributed by atoms with Crippen molar-refractivity contribution in [3.05, 3.63) is 34.4 Å². The minimum absolute atomic E-state index is 0.0160. The van der Waals surface area contributed by atoms with Crippen molar-refractivity contribution in [2.24, 2.45) is 0 Å². The number of nitro groups is 1. The number of anilines is 1. The minimum atomic E-state index is -0.481. The summed E-state index contributed by atoms with van der Waals surface area (Å²) in [5.41, 5.74) is 0.504. The van der Waals surface area contributed by atoms with Gasteiger partial charge in [-0.05, 0) is 25.0 Å². The van der Waals surface area contributed by atoms with E-state index in [4.69, 9.17) is 0 Å². The van der Waals surface area contributed by atoms with Crippen LogP contribution in [0.1, 0.15) is 12.8 Å². The Hall–Kier alpha value is -2.84. The third kappa shape index (κ3) is 3.39. The number of nitro benzene ring substituents is 1. The van der Waals surface area contributed by atoms with Crippen LogP contribution in [0.15, 0.2) is 24.3 Å². The van der Waals surface area contributed by atoms with Crippen LogP contribution in [0.4, 0.5) is 21.0 Å². The predicted molar refractivity (Wildman–Crippen MR) is 86.8 cm³/mol. The second kappa shape index (κ2) is 6.73. The number of amides is 4. The monoisotopic (exact) mass is 333 g/mol. The van der Waals surface area contributed by atoms with Crippen molar-refractivity contribution in [3.63, 3.8) is 0 Å². The van der Waals surface area contributed by atoms with E-state index in [9.17, 15) is 19.7 Å². The quantitative estimate of drug-likeness (QED) is 0.647. The van der Waals surface area contributed by atoms with E-state index in [1.807, 2.05) is 4.90 Å². The van der Waals surface area contributed by atoms with E-state index >= 15 is 0 Å². The van der Waals surface area contributed by atoms with Crippen LogP contribution in [0.5, 0.6) is 0 Å². The molecule has 2 N–H and O–H groups in total. The molecule has 0 saturated carbocycles. The van der Waals surface area contributed by atoms with Crippen molar-refractivity contribution in [3.8, 4) is 0 Å². The zero-order chi connectivity index (χ0) is 17.1.